The second kappa shape index (κ2) is 4.92. The van der Waals surface area contributed by atoms with E-state index in [1.54, 1.807) is 12.1 Å². The first-order valence-electron chi connectivity index (χ1n) is 7.16. The van der Waals surface area contributed by atoms with Crippen LogP contribution in [0.1, 0.15) is 41.4 Å². The first-order chi connectivity index (χ1) is 9.99. The summed E-state index contributed by atoms with van der Waals surface area (Å²) < 4.78 is 0. The number of rotatable bonds is 3. The number of aromatic carboxylic acids is 1. The average Bonchev–Trinajstić information content (AvgIpc) is 2.70. The summed E-state index contributed by atoms with van der Waals surface area (Å²) in [7, 11) is 0. The molecule has 0 aliphatic heterocycles. The van der Waals surface area contributed by atoms with Gasteiger partial charge < -0.3 is 10.4 Å². The van der Waals surface area contributed by atoms with Gasteiger partial charge in [0.15, 0.2) is 0 Å². The smallest absolute Gasteiger partial charge is 0.337 e. The molecule has 0 heterocycles. The summed E-state index contributed by atoms with van der Waals surface area (Å²) in [6.45, 7) is 4.43. The normalized spacial score (nSPS) is 19.0. The fraction of sp³-hybridized carbons (Fsp3) is 0.278. The van der Waals surface area contributed by atoms with Crippen molar-refractivity contribution in [3.05, 3.63) is 65.2 Å². The quantitative estimate of drug-likeness (QED) is 0.889. The van der Waals surface area contributed by atoms with E-state index in [9.17, 15) is 9.90 Å². The molecule has 0 saturated heterocycles. The van der Waals surface area contributed by atoms with Crippen LogP contribution >= 0.6 is 0 Å². The van der Waals surface area contributed by atoms with Gasteiger partial charge >= 0.3 is 5.97 Å². The molecule has 21 heavy (non-hydrogen) atoms. The Balaban J connectivity index is 2.00. The van der Waals surface area contributed by atoms with E-state index in [-0.39, 0.29) is 11.5 Å². The molecule has 3 nitrogen and oxygen atoms in total. The molecule has 2 N–H and O–H groups in total. The Bertz CT molecular complexity index is 691. The summed E-state index contributed by atoms with van der Waals surface area (Å²) in [4.78, 5) is 11.4. The molecule has 3 rings (SSSR count). The largest absolute Gasteiger partial charge is 0.478 e. The number of carbonyl (C=O) groups is 1. The van der Waals surface area contributed by atoms with Gasteiger partial charge in [0.05, 0.1) is 11.6 Å². The highest BCUT2D eigenvalue weighted by atomic mass is 16.4. The maximum absolute atomic E-state index is 11.4. The fourth-order valence-electron chi connectivity index (χ4n) is 3.21. The van der Waals surface area contributed by atoms with Gasteiger partial charge in [0.25, 0.3) is 0 Å². The van der Waals surface area contributed by atoms with Gasteiger partial charge in [-0.05, 0) is 35.1 Å². The van der Waals surface area contributed by atoms with Gasteiger partial charge in [0.1, 0.15) is 0 Å². The van der Waals surface area contributed by atoms with Crippen molar-refractivity contribution in [3.8, 4) is 0 Å². The van der Waals surface area contributed by atoms with E-state index in [0.29, 0.717) is 11.3 Å². The van der Waals surface area contributed by atoms with Gasteiger partial charge in [-0.15, -0.1) is 0 Å². The molecule has 108 valence electrons. The summed E-state index contributed by atoms with van der Waals surface area (Å²) in [6.07, 6.45) is 0.996. The molecule has 0 bridgehead atoms. The number of hydrogen-bond acceptors (Lipinski definition) is 2. The zero-order valence-electron chi connectivity index (χ0n) is 12.3. The number of carboxylic acids is 1. The molecule has 1 unspecified atom stereocenters. The van der Waals surface area contributed by atoms with E-state index < -0.39 is 5.97 Å². The molecular formula is C18H19NO2. The van der Waals surface area contributed by atoms with E-state index in [1.807, 2.05) is 18.2 Å². The van der Waals surface area contributed by atoms with E-state index in [2.05, 4.69) is 37.4 Å². The number of nitrogens with one attached hydrogen (secondary N) is 1. The van der Waals surface area contributed by atoms with Crippen molar-refractivity contribution in [2.24, 2.45) is 5.41 Å². The lowest BCUT2D eigenvalue weighted by Gasteiger charge is -2.30. The van der Waals surface area contributed by atoms with Crippen LogP contribution in [0.4, 0.5) is 5.69 Å². The molecule has 2 aromatic carbocycles. The molecule has 0 fully saturated rings. The summed E-state index contributed by atoms with van der Waals surface area (Å²) in [5.74, 6) is -0.901. The zero-order valence-corrected chi connectivity index (χ0v) is 12.3. The predicted molar refractivity (Wildman–Crippen MR) is 83.7 cm³/mol. The van der Waals surface area contributed by atoms with Crippen LogP contribution in [-0.4, -0.2) is 11.1 Å². The minimum absolute atomic E-state index is 0.0509. The Hall–Kier alpha value is -2.29. The lowest BCUT2D eigenvalue weighted by molar-refractivity contribution is 0.0697. The fourth-order valence-corrected chi connectivity index (χ4v) is 3.21. The monoisotopic (exact) mass is 281 g/mol. The minimum Gasteiger partial charge on any atom is -0.478 e. The van der Waals surface area contributed by atoms with Gasteiger partial charge in [0.2, 0.25) is 0 Å². The molecular weight excluding hydrogens is 262 g/mol. The Morgan fingerprint density at radius 2 is 1.81 bits per heavy atom. The van der Waals surface area contributed by atoms with Crippen LogP contribution < -0.4 is 5.32 Å². The zero-order chi connectivity index (χ0) is 15.0. The number of carboxylic acid groups (broad SMARTS) is 1. The van der Waals surface area contributed by atoms with Crippen LogP contribution in [-0.2, 0) is 6.42 Å². The van der Waals surface area contributed by atoms with E-state index in [1.165, 1.54) is 11.1 Å². The van der Waals surface area contributed by atoms with Crippen LogP contribution in [0, 0.1) is 5.41 Å². The van der Waals surface area contributed by atoms with Crippen molar-refractivity contribution in [1.82, 2.24) is 0 Å². The number of hydrogen-bond donors (Lipinski definition) is 2. The Morgan fingerprint density at radius 1 is 1.14 bits per heavy atom. The molecule has 0 radical (unpaired) electrons. The SMILES string of the molecule is CC1(C)Cc2ccccc2C1Nc1ccccc1C(=O)O. The average molecular weight is 281 g/mol. The lowest BCUT2D eigenvalue weighted by Crippen LogP contribution is -2.25. The van der Waals surface area contributed by atoms with Crippen molar-refractivity contribution in [3.63, 3.8) is 0 Å². The molecule has 3 heteroatoms. The van der Waals surface area contributed by atoms with Gasteiger partial charge in [-0.2, -0.15) is 0 Å². The number of anilines is 1. The number of para-hydroxylation sites is 1. The number of fused-ring (bicyclic) bond motifs is 1. The van der Waals surface area contributed by atoms with Gasteiger partial charge in [0, 0.05) is 5.69 Å². The standard InChI is InChI=1S/C18H19NO2/c1-18(2)11-12-7-3-4-8-13(12)16(18)19-15-10-6-5-9-14(15)17(20)21/h3-10,16,19H,11H2,1-2H3,(H,20,21). The molecule has 0 saturated carbocycles. The third kappa shape index (κ3) is 2.40. The summed E-state index contributed by atoms with van der Waals surface area (Å²) >= 11 is 0. The Morgan fingerprint density at radius 3 is 2.57 bits per heavy atom. The third-order valence-electron chi connectivity index (χ3n) is 4.25. The Kier molecular flexibility index (Phi) is 3.20. The van der Waals surface area contributed by atoms with Gasteiger partial charge in [-0.1, -0.05) is 50.2 Å². The first-order valence-corrected chi connectivity index (χ1v) is 7.16. The van der Waals surface area contributed by atoms with Crippen molar-refractivity contribution < 1.29 is 9.90 Å². The summed E-state index contributed by atoms with van der Waals surface area (Å²) in [5.41, 5.74) is 3.66. The van der Waals surface area contributed by atoms with E-state index in [0.717, 1.165) is 6.42 Å². The molecule has 0 aromatic heterocycles. The highest BCUT2D eigenvalue weighted by Gasteiger charge is 2.39. The Labute approximate surface area is 124 Å². The van der Waals surface area contributed by atoms with E-state index in [4.69, 9.17) is 0 Å². The number of benzene rings is 2. The van der Waals surface area contributed by atoms with Crippen LogP contribution in [0.3, 0.4) is 0 Å². The molecule has 1 atom stereocenters. The molecule has 0 spiro atoms. The van der Waals surface area contributed by atoms with Crippen molar-refractivity contribution in [1.29, 1.82) is 0 Å². The highest BCUT2D eigenvalue weighted by Crippen LogP contribution is 2.47. The van der Waals surface area contributed by atoms with Crippen molar-refractivity contribution >= 4 is 11.7 Å². The van der Waals surface area contributed by atoms with Crippen LogP contribution in [0.25, 0.3) is 0 Å². The highest BCUT2D eigenvalue weighted by molar-refractivity contribution is 5.94. The van der Waals surface area contributed by atoms with Crippen LogP contribution in [0.2, 0.25) is 0 Å². The van der Waals surface area contributed by atoms with Crippen molar-refractivity contribution in [2.75, 3.05) is 5.32 Å². The molecule has 1 aliphatic rings. The summed E-state index contributed by atoms with van der Waals surface area (Å²) in [6, 6.07) is 15.6. The maximum atomic E-state index is 11.4. The van der Waals surface area contributed by atoms with Crippen LogP contribution in [0.15, 0.2) is 48.5 Å². The van der Waals surface area contributed by atoms with Crippen molar-refractivity contribution in [2.45, 2.75) is 26.3 Å². The van der Waals surface area contributed by atoms with Gasteiger partial charge in [-0.3, -0.25) is 0 Å². The lowest BCUT2D eigenvalue weighted by atomic mass is 9.85. The van der Waals surface area contributed by atoms with E-state index >= 15 is 0 Å². The summed E-state index contributed by atoms with van der Waals surface area (Å²) in [5, 5.41) is 12.8. The molecule has 1 aliphatic carbocycles. The predicted octanol–water partition coefficient (Wildman–Crippen LogP) is 4.12. The topological polar surface area (TPSA) is 49.3 Å². The molecule has 0 amide bonds. The maximum Gasteiger partial charge on any atom is 0.337 e. The third-order valence-corrected chi connectivity index (χ3v) is 4.25. The van der Waals surface area contributed by atoms with Crippen LogP contribution in [0.5, 0.6) is 0 Å². The molecule has 2 aromatic rings. The minimum atomic E-state index is -0.901. The first kappa shape index (κ1) is 13.7. The van der Waals surface area contributed by atoms with Gasteiger partial charge in [-0.25, -0.2) is 4.79 Å². The second-order valence-corrected chi connectivity index (χ2v) is 6.29. The second-order valence-electron chi connectivity index (χ2n) is 6.29.